The number of nitrogens with zero attached hydrogens (tertiary/aromatic N) is 2. The topological polar surface area (TPSA) is 91.6 Å². The van der Waals surface area contributed by atoms with E-state index in [4.69, 9.17) is 16.3 Å². The highest BCUT2D eigenvalue weighted by Crippen LogP contribution is 2.31. The number of aromatic nitrogens is 1. The van der Waals surface area contributed by atoms with Crippen molar-refractivity contribution in [3.05, 3.63) is 57.2 Å². The molecule has 108 valence electrons. The van der Waals surface area contributed by atoms with Gasteiger partial charge in [0, 0.05) is 6.07 Å². The lowest BCUT2D eigenvalue weighted by Crippen LogP contribution is -2.04. The van der Waals surface area contributed by atoms with Gasteiger partial charge in [0.05, 0.1) is 12.1 Å². The minimum absolute atomic E-state index is 0.0695. The van der Waals surface area contributed by atoms with Gasteiger partial charge in [-0.15, -0.1) is 0 Å². The van der Waals surface area contributed by atoms with Crippen LogP contribution in [0.5, 0.6) is 11.5 Å². The van der Waals surface area contributed by atoms with Gasteiger partial charge in [0.25, 0.3) is 0 Å². The number of methoxy groups -OCH3 is 1. The maximum absolute atomic E-state index is 11.7. The van der Waals surface area contributed by atoms with Crippen LogP contribution in [0.1, 0.15) is 10.4 Å². The molecule has 2 rings (SSSR count). The van der Waals surface area contributed by atoms with Crippen LogP contribution in [0.15, 0.2) is 36.5 Å². The Balaban J connectivity index is 2.33. The molecule has 0 saturated carbocycles. The molecular weight excluding hydrogens is 300 g/mol. The summed E-state index contributed by atoms with van der Waals surface area (Å²) in [7, 11) is 1.23. The fourth-order valence-corrected chi connectivity index (χ4v) is 1.80. The third-order valence-corrected chi connectivity index (χ3v) is 2.82. The van der Waals surface area contributed by atoms with Crippen LogP contribution < -0.4 is 4.74 Å². The molecule has 0 amide bonds. The standard InChI is InChI=1S/C13H9ClN2O5/c1-20-13(17)12-9(14)3-2-4-10(12)21-8-5-6-11(15-7-8)16(18)19/h2-7H,1H3. The Morgan fingerprint density at radius 3 is 2.67 bits per heavy atom. The second-order valence-corrected chi connectivity index (χ2v) is 4.22. The van der Waals surface area contributed by atoms with Crippen molar-refractivity contribution in [1.29, 1.82) is 0 Å². The number of hydrogen-bond donors (Lipinski definition) is 0. The molecule has 1 aromatic heterocycles. The Labute approximate surface area is 124 Å². The first-order valence-corrected chi connectivity index (χ1v) is 6.06. The number of carbonyl (C=O) groups is 1. The Morgan fingerprint density at radius 1 is 1.33 bits per heavy atom. The normalized spacial score (nSPS) is 10.0. The summed E-state index contributed by atoms with van der Waals surface area (Å²) in [6.07, 6.45) is 1.18. The van der Waals surface area contributed by atoms with Gasteiger partial charge < -0.3 is 19.6 Å². The number of benzene rings is 1. The molecule has 1 aromatic carbocycles. The molecule has 1 heterocycles. The third-order valence-electron chi connectivity index (χ3n) is 2.50. The molecule has 0 spiro atoms. The van der Waals surface area contributed by atoms with Crippen molar-refractivity contribution in [3.63, 3.8) is 0 Å². The molecule has 0 aliphatic rings. The van der Waals surface area contributed by atoms with E-state index in [1.54, 1.807) is 6.07 Å². The second kappa shape index (κ2) is 6.19. The van der Waals surface area contributed by atoms with Gasteiger partial charge in [-0.1, -0.05) is 17.7 Å². The fraction of sp³-hybridized carbons (Fsp3) is 0.0769. The molecule has 8 heteroatoms. The molecule has 0 aliphatic carbocycles. The highest BCUT2D eigenvalue weighted by Gasteiger charge is 2.18. The van der Waals surface area contributed by atoms with Crippen molar-refractivity contribution >= 4 is 23.4 Å². The highest BCUT2D eigenvalue weighted by molar-refractivity contribution is 6.34. The highest BCUT2D eigenvalue weighted by atomic mass is 35.5. The molecular formula is C13H9ClN2O5. The van der Waals surface area contributed by atoms with Crippen LogP contribution in [0.25, 0.3) is 0 Å². The van der Waals surface area contributed by atoms with Gasteiger partial charge in [0.15, 0.2) is 11.9 Å². The zero-order chi connectivity index (χ0) is 15.4. The van der Waals surface area contributed by atoms with Gasteiger partial charge in [-0.3, -0.25) is 0 Å². The van der Waals surface area contributed by atoms with Crippen molar-refractivity contribution in [2.75, 3.05) is 7.11 Å². The average Bonchev–Trinajstić information content (AvgIpc) is 2.47. The second-order valence-electron chi connectivity index (χ2n) is 3.82. The summed E-state index contributed by atoms with van der Waals surface area (Å²) in [6, 6.07) is 7.21. The minimum Gasteiger partial charge on any atom is -0.465 e. The first-order valence-electron chi connectivity index (χ1n) is 5.68. The number of carbonyl (C=O) groups excluding carboxylic acids is 1. The number of pyridine rings is 1. The van der Waals surface area contributed by atoms with Crippen molar-refractivity contribution in [2.24, 2.45) is 0 Å². The molecule has 0 atom stereocenters. The number of rotatable bonds is 4. The largest absolute Gasteiger partial charge is 0.465 e. The number of esters is 1. The van der Waals surface area contributed by atoms with E-state index in [1.165, 1.54) is 37.6 Å². The molecule has 7 nitrogen and oxygen atoms in total. The molecule has 0 saturated heterocycles. The fourth-order valence-electron chi connectivity index (χ4n) is 1.56. The molecule has 0 bridgehead atoms. The van der Waals surface area contributed by atoms with E-state index in [1.807, 2.05) is 0 Å². The molecule has 0 fully saturated rings. The smallest absolute Gasteiger partial charge is 0.363 e. The number of halogens is 1. The lowest BCUT2D eigenvalue weighted by molar-refractivity contribution is -0.389. The first-order chi connectivity index (χ1) is 10.0. The minimum atomic E-state index is -0.648. The summed E-state index contributed by atoms with van der Waals surface area (Å²) >= 11 is 5.95. The molecule has 0 radical (unpaired) electrons. The van der Waals surface area contributed by atoms with Crippen molar-refractivity contribution in [3.8, 4) is 11.5 Å². The molecule has 0 aliphatic heterocycles. The van der Waals surface area contributed by atoms with Gasteiger partial charge in [-0.05, 0) is 28.1 Å². The molecule has 21 heavy (non-hydrogen) atoms. The lowest BCUT2D eigenvalue weighted by atomic mass is 10.2. The Morgan fingerprint density at radius 2 is 2.10 bits per heavy atom. The Kier molecular flexibility index (Phi) is 4.34. The van der Waals surface area contributed by atoms with Gasteiger partial charge in [0.2, 0.25) is 0 Å². The number of hydrogen-bond acceptors (Lipinski definition) is 6. The van der Waals surface area contributed by atoms with E-state index in [-0.39, 0.29) is 27.9 Å². The van der Waals surface area contributed by atoms with Crippen LogP contribution >= 0.6 is 11.6 Å². The zero-order valence-electron chi connectivity index (χ0n) is 10.8. The monoisotopic (exact) mass is 308 g/mol. The summed E-state index contributed by atoms with van der Waals surface area (Å²) in [5.74, 6) is -0.551. The maximum atomic E-state index is 11.7. The lowest BCUT2D eigenvalue weighted by Gasteiger charge is -2.10. The van der Waals surface area contributed by atoms with Crippen molar-refractivity contribution < 1.29 is 19.2 Å². The van der Waals surface area contributed by atoms with Crippen LogP contribution in [-0.4, -0.2) is 23.0 Å². The summed E-state index contributed by atoms with van der Waals surface area (Å²) in [5.41, 5.74) is 0.0695. The Bertz CT molecular complexity index is 687. The predicted octanol–water partition coefficient (Wildman–Crippen LogP) is 3.22. The van der Waals surface area contributed by atoms with Crippen molar-refractivity contribution in [1.82, 2.24) is 4.98 Å². The summed E-state index contributed by atoms with van der Waals surface area (Å²) in [6.45, 7) is 0. The van der Waals surface area contributed by atoms with Crippen LogP contribution in [0.3, 0.4) is 0 Å². The zero-order valence-corrected chi connectivity index (χ0v) is 11.5. The maximum Gasteiger partial charge on any atom is 0.363 e. The van der Waals surface area contributed by atoms with Crippen LogP contribution in [0.4, 0.5) is 5.82 Å². The van der Waals surface area contributed by atoms with Crippen LogP contribution in [-0.2, 0) is 4.74 Å². The van der Waals surface area contributed by atoms with E-state index in [2.05, 4.69) is 9.72 Å². The number of ether oxygens (including phenoxy) is 2. The average molecular weight is 309 g/mol. The van der Waals surface area contributed by atoms with Crippen molar-refractivity contribution in [2.45, 2.75) is 0 Å². The van der Waals surface area contributed by atoms with Gasteiger partial charge >= 0.3 is 11.8 Å². The molecule has 0 N–H and O–H groups in total. The van der Waals surface area contributed by atoms with Gasteiger partial charge in [0.1, 0.15) is 11.3 Å². The third kappa shape index (κ3) is 3.26. The van der Waals surface area contributed by atoms with Crippen LogP contribution in [0, 0.1) is 10.1 Å². The quantitative estimate of drug-likeness (QED) is 0.489. The van der Waals surface area contributed by atoms with E-state index in [0.29, 0.717) is 0 Å². The Hall–Kier alpha value is -2.67. The molecule has 0 unspecified atom stereocenters. The van der Waals surface area contributed by atoms with E-state index in [0.717, 1.165) is 0 Å². The van der Waals surface area contributed by atoms with Gasteiger partial charge in [-0.2, -0.15) is 0 Å². The van der Waals surface area contributed by atoms with E-state index >= 15 is 0 Å². The predicted molar refractivity (Wildman–Crippen MR) is 73.8 cm³/mol. The number of nitro groups is 1. The summed E-state index contributed by atoms with van der Waals surface area (Å²) < 4.78 is 10.1. The SMILES string of the molecule is COC(=O)c1c(Cl)cccc1Oc1ccc([N+](=O)[O-])nc1. The summed E-state index contributed by atoms with van der Waals surface area (Å²) in [4.78, 5) is 25.2. The van der Waals surface area contributed by atoms with E-state index < -0.39 is 10.9 Å². The summed E-state index contributed by atoms with van der Waals surface area (Å²) in [5, 5.41) is 10.7. The van der Waals surface area contributed by atoms with E-state index in [9.17, 15) is 14.9 Å². The first kappa shape index (κ1) is 14.7. The van der Waals surface area contributed by atoms with Crippen LogP contribution in [0.2, 0.25) is 5.02 Å². The molecule has 2 aromatic rings. The van der Waals surface area contributed by atoms with Gasteiger partial charge in [-0.25, -0.2) is 4.79 Å².